The molecule has 35 heavy (non-hydrogen) atoms. The first-order chi connectivity index (χ1) is 16.5. The van der Waals surface area contributed by atoms with Crippen LogP contribution >= 0.6 is 0 Å². The predicted octanol–water partition coefficient (Wildman–Crippen LogP) is 2.69. The molecule has 1 aliphatic rings. The fourth-order valence-electron chi connectivity index (χ4n) is 3.90. The van der Waals surface area contributed by atoms with Gasteiger partial charge in [-0.1, -0.05) is 19.1 Å². The molecule has 0 saturated carbocycles. The topological polar surface area (TPSA) is 105 Å². The average molecular weight is 492 g/mol. The number of alkyl halides is 3. The van der Waals surface area contributed by atoms with Crippen LogP contribution in [0.2, 0.25) is 0 Å². The summed E-state index contributed by atoms with van der Waals surface area (Å²) < 4.78 is 55.4. The first kappa shape index (κ1) is 24.3. The number of amides is 2. The van der Waals surface area contributed by atoms with E-state index in [1.807, 2.05) is 5.32 Å². The van der Waals surface area contributed by atoms with Crippen molar-refractivity contribution in [2.45, 2.75) is 38.1 Å². The van der Waals surface area contributed by atoms with Crippen LogP contribution in [-0.2, 0) is 4.79 Å². The number of anilines is 1. The molecule has 2 N–H and O–H groups in total. The summed E-state index contributed by atoms with van der Waals surface area (Å²) in [4.78, 5) is 43.6. The van der Waals surface area contributed by atoms with Gasteiger partial charge in [0.15, 0.2) is 5.65 Å². The van der Waals surface area contributed by atoms with Crippen LogP contribution in [0.5, 0.6) is 0 Å². The molecule has 0 spiro atoms. The third-order valence-corrected chi connectivity index (χ3v) is 5.68. The van der Waals surface area contributed by atoms with E-state index in [9.17, 15) is 37.1 Å². The third-order valence-electron chi connectivity index (χ3n) is 5.68. The van der Waals surface area contributed by atoms with Crippen LogP contribution in [0.1, 0.15) is 30.1 Å². The van der Waals surface area contributed by atoms with E-state index in [4.69, 9.17) is 0 Å². The average Bonchev–Trinajstić information content (AvgIpc) is 3.15. The molecular formula is C23H20F4N4O4. The van der Waals surface area contributed by atoms with E-state index in [2.05, 4.69) is 4.98 Å². The number of benzene rings is 1. The second kappa shape index (κ2) is 9.10. The minimum Gasteiger partial charge on any atom is -0.391 e. The number of β-amino-alcohol motifs (C(OH)–C–C–N with tert-alkyl or cyclic N) is 1. The lowest BCUT2D eigenvalue weighted by Gasteiger charge is -2.21. The van der Waals surface area contributed by atoms with Gasteiger partial charge in [0.05, 0.1) is 30.1 Å². The maximum atomic E-state index is 14.7. The van der Waals surface area contributed by atoms with Gasteiger partial charge in [-0.05, 0) is 30.7 Å². The number of halogens is 4. The molecule has 0 bridgehead atoms. The van der Waals surface area contributed by atoms with E-state index in [-0.39, 0.29) is 35.5 Å². The zero-order valence-electron chi connectivity index (χ0n) is 18.3. The quantitative estimate of drug-likeness (QED) is 0.533. The first-order valence-electron chi connectivity index (χ1n) is 10.7. The highest BCUT2D eigenvalue weighted by atomic mass is 19.4. The summed E-state index contributed by atoms with van der Waals surface area (Å²) in [7, 11) is 0. The molecule has 2 atom stereocenters. The summed E-state index contributed by atoms with van der Waals surface area (Å²) >= 11 is 0. The predicted molar refractivity (Wildman–Crippen MR) is 118 cm³/mol. The Morgan fingerprint density at radius 2 is 1.94 bits per heavy atom. The molecule has 3 heterocycles. The van der Waals surface area contributed by atoms with Crippen molar-refractivity contribution in [3.63, 3.8) is 0 Å². The van der Waals surface area contributed by atoms with Crippen molar-refractivity contribution >= 4 is 28.7 Å². The molecule has 0 aliphatic carbocycles. The van der Waals surface area contributed by atoms with Crippen LogP contribution < -0.4 is 15.6 Å². The first-order valence-corrected chi connectivity index (χ1v) is 10.7. The highest BCUT2D eigenvalue weighted by Crippen LogP contribution is 2.26. The molecule has 8 nitrogen and oxygen atoms in total. The molecular weight excluding hydrogens is 472 g/mol. The van der Waals surface area contributed by atoms with Crippen LogP contribution in [0.4, 0.5) is 23.4 Å². The SMILES string of the molecule is CCC(NC(=O)c1cn(-c2ccccc2F)c2nc(N3C[C@@H](O)CC3=O)ccc2c1=O)C(F)(F)F. The molecule has 1 saturated heterocycles. The Labute approximate surface area is 195 Å². The van der Waals surface area contributed by atoms with E-state index >= 15 is 0 Å². The minimum atomic E-state index is -4.73. The van der Waals surface area contributed by atoms with E-state index in [0.717, 1.165) is 16.8 Å². The Balaban J connectivity index is 1.91. The van der Waals surface area contributed by atoms with Crippen LogP contribution in [0, 0.1) is 5.82 Å². The number of fused-ring (bicyclic) bond motifs is 1. The molecule has 184 valence electrons. The zero-order valence-corrected chi connectivity index (χ0v) is 18.3. The highest BCUT2D eigenvalue weighted by molar-refractivity contribution is 5.99. The van der Waals surface area contributed by atoms with Gasteiger partial charge in [0.25, 0.3) is 5.91 Å². The van der Waals surface area contributed by atoms with Crippen molar-refractivity contribution in [2.75, 3.05) is 11.4 Å². The van der Waals surface area contributed by atoms with Gasteiger partial charge in [-0.2, -0.15) is 13.2 Å². The van der Waals surface area contributed by atoms with E-state index in [1.54, 1.807) is 0 Å². The summed E-state index contributed by atoms with van der Waals surface area (Å²) in [5.74, 6) is -2.33. The lowest BCUT2D eigenvalue weighted by Crippen LogP contribution is -2.46. The summed E-state index contributed by atoms with van der Waals surface area (Å²) in [6, 6.07) is 5.76. The second-order valence-corrected chi connectivity index (χ2v) is 8.07. The monoisotopic (exact) mass is 492 g/mol. The van der Waals surface area contributed by atoms with Crippen molar-refractivity contribution in [2.24, 2.45) is 0 Å². The molecule has 1 fully saturated rings. The smallest absolute Gasteiger partial charge is 0.391 e. The Morgan fingerprint density at radius 1 is 1.23 bits per heavy atom. The molecule has 0 radical (unpaired) electrons. The number of rotatable bonds is 5. The summed E-state index contributed by atoms with van der Waals surface area (Å²) in [5.41, 5.74) is -1.78. The number of hydrogen-bond donors (Lipinski definition) is 2. The van der Waals surface area contributed by atoms with Crippen molar-refractivity contribution in [3.05, 3.63) is 64.2 Å². The van der Waals surface area contributed by atoms with Crippen LogP contribution in [0.25, 0.3) is 16.7 Å². The number of pyridine rings is 2. The van der Waals surface area contributed by atoms with Crippen LogP contribution in [0.15, 0.2) is 47.4 Å². The number of para-hydroxylation sites is 1. The number of hydrogen-bond acceptors (Lipinski definition) is 5. The maximum Gasteiger partial charge on any atom is 0.408 e. The molecule has 1 aliphatic heterocycles. The Morgan fingerprint density at radius 3 is 2.54 bits per heavy atom. The van der Waals surface area contributed by atoms with Crippen LogP contribution in [-0.4, -0.2) is 51.3 Å². The highest BCUT2D eigenvalue weighted by Gasteiger charge is 2.40. The van der Waals surface area contributed by atoms with Crippen molar-refractivity contribution in [1.29, 1.82) is 0 Å². The zero-order chi connectivity index (χ0) is 25.5. The number of carbonyl (C=O) groups is 2. The number of nitrogens with zero attached hydrogens (tertiary/aromatic N) is 3. The summed E-state index contributed by atoms with van der Waals surface area (Å²) in [6.45, 7) is 1.20. The van der Waals surface area contributed by atoms with Gasteiger partial charge in [-0.25, -0.2) is 9.37 Å². The largest absolute Gasteiger partial charge is 0.408 e. The summed E-state index contributed by atoms with van der Waals surface area (Å²) in [6.07, 6.45) is -5.27. The molecule has 3 aromatic rings. The van der Waals surface area contributed by atoms with Gasteiger partial charge in [-0.15, -0.1) is 0 Å². The molecule has 2 aromatic heterocycles. The number of aliphatic hydroxyl groups excluding tert-OH is 1. The fraction of sp³-hybridized carbons (Fsp3) is 0.304. The number of nitrogens with one attached hydrogen (secondary N) is 1. The summed E-state index contributed by atoms with van der Waals surface area (Å²) in [5, 5.41) is 11.4. The number of aromatic nitrogens is 2. The molecule has 1 unspecified atom stereocenters. The molecule has 2 amide bonds. The van der Waals surface area contributed by atoms with E-state index in [1.165, 1.54) is 42.2 Å². The van der Waals surface area contributed by atoms with Gasteiger partial charge in [0.2, 0.25) is 11.3 Å². The van der Waals surface area contributed by atoms with Gasteiger partial charge < -0.3 is 10.4 Å². The van der Waals surface area contributed by atoms with Gasteiger partial charge in [0, 0.05) is 6.20 Å². The standard InChI is InChI=1S/C23H20F4N4O4/c1-2-17(23(25,26)27)28-22(35)14-11-30(16-6-4-3-5-15(16)24)21-13(20(14)34)7-8-18(29-21)31-10-12(32)9-19(31)33/h3-8,11-12,17,32H,2,9-10H2,1H3,(H,28,35)/t12-,17?/m0/s1. The third kappa shape index (κ3) is 4.61. The Hall–Kier alpha value is -3.80. The minimum absolute atomic E-state index is 0.0302. The Bertz CT molecular complexity index is 1370. The van der Waals surface area contributed by atoms with E-state index in [0.29, 0.717) is 0 Å². The Kier molecular flexibility index (Phi) is 6.32. The van der Waals surface area contributed by atoms with Crippen molar-refractivity contribution < 1.29 is 32.3 Å². The molecule has 1 aromatic carbocycles. The van der Waals surface area contributed by atoms with Gasteiger partial charge >= 0.3 is 6.18 Å². The van der Waals surface area contributed by atoms with Crippen molar-refractivity contribution in [1.82, 2.24) is 14.9 Å². The number of carbonyl (C=O) groups excluding carboxylic acids is 2. The fourth-order valence-corrected chi connectivity index (χ4v) is 3.90. The molecule has 12 heteroatoms. The van der Waals surface area contributed by atoms with Crippen molar-refractivity contribution in [3.8, 4) is 5.69 Å². The van der Waals surface area contributed by atoms with Crippen LogP contribution in [0.3, 0.4) is 0 Å². The second-order valence-electron chi connectivity index (χ2n) is 8.07. The molecule has 4 rings (SSSR count). The van der Waals surface area contributed by atoms with Gasteiger partial charge in [-0.3, -0.25) is 23.9 Å². The lowest BCUT2D eigenvalue weighted by atomic mass is 10.1. The van der Waals surface area contributed by atoms with E-state index < -0.39 is 53.4 Å². The normalized spacial score (nSPS) is 17.1. The maximum absolute atomic E-state index is 14.7. The lowest BCUT2D eigenvalue weighted by molar-refractivity contribution is -0.153. The van der Waals surface area contributed by atoms with Gasteiger partial charge in [0.1, 0.15) is 23.2 Å². The number of aliphatic hydroxyl groups is 1.